The van der Waals surface area contributed by atoms with E-state index in [-0.39, 0.29) is 17.5 Å². The van der Waals surface area contributed by atoms with Crippen LogP contribution in [0, 0.1) is 23.1 Å². The summed E-state index contributed by atoms with van der Waals surface area (Å²) in [6.45, 7) is 0. The van der Waals surface area contributed by atoms with E-state index in [1.165, 1.54) is 30.5 Å². The molecule has 3 aromatic rings. The lowest BCUT2D eigenvalue weighted by Gasteiger charge is -2.33. The van der Waals surface area contributed by atoms with Crippen LogP contribution in [0.2, 0.25) is 0 Å². The van der Waals surface area contributed by atoms with Crippen molar-refractivity contribution in [1.29, 1.82) is 5.26 Å². The molecule has 0 amide bonds. The third kappa shape index (κ3) is 3.38. The predicted molar refractivity (Wildman–Crippen MR) is 95.4 cm³/mol. The fraction of sp³-hybridized carbons (Fsp3) is 0.143. The highest BCUT2D eigenvalue weighted by Crippen LogP contribution is 2.33. The Morgan fingerprint density at radius 3 is 2.72 bits per heavy atom. The number of hydrogen-bond donors (Lipinski definition) is 1. The fourth-order valence-electron chi connectivity index (χ4n) is 3.52. The quantitative estimate of drug-likeness (QED) is 0.547. The average Bonchev–Trinajstić information content (AvgIpc) is 2.73. The van der Waals surface area contributed by atoms with E-state index in [2.05, 4.69) is 4.98 Å². The smallest absolute Gasteiger partial charge is 0.252 e. The van der Waals surface area contributed by atoms with Crippen LogP contribution in [-0.2, 0) is 6.42 Å². The predicted octanol–water partition coefficient (Wildman–Crippen LogP) is 2.89. The van der Waals surface area contributed by atoms with Crippen LogP contribution in [-0.4, -0.2) is 21.0 Å². The molecule has 2 atom stereocenters. The van der Waals surface area contributed by atoms with E-state index >= 15 is 0 Å². The third-order valence-electron chi connectivity index (χ3n) is 4.91. The molecule has 144 valence electrons. The van der Waals surface area contributed by atoms with E-state index in [9.17, 15) is 18.8 Å². The topological polar surface area (TPSA) is 81.1 Å². The van der Waals surface area contributed by atoms with Crippen molar-refractivity contribution in [1.82, 2.24) is 10.0 Å². The van der Waals surface area contributed by atoms with E-state index in [0.29, 0.717) is 11.3 Å². The molecule has 0 saturated carbocycles. The summed E-state index contributed by atoms with van der Waals surface area (Å²) in [4.78, 5) is 16.7. The summed E-state index contributed by atoms with van der Waals surface area (Å²) in [5, 5.41) is 20.7. The third-order valence-corrected chi connectivity index (χ3v) is 4.91. The molecule has 1 aromatic carbocycles. The molecule has 6 nitrogen and oxygen atoms in total. The summed E-state index contributed by atoms with van der Waals surface area (Å²) >= 11 is 0. The second-order valence-corrected chi connectivity index (χ2v) is 6.66. The van der Waals surface area contributed by atoms with Crippen LogP contribution >= 0.6 is 0 Å². The van der Waals surface area contributed by atoms with Crippen molar-refractivity contribution in [3.63, 3.8) is 0 Å². The number of halogens is 2. The van der Waals surface area contributed by atoms with Gasteiger partial charge in [0.25, 0.3) is 11.5 Å². The molecule has 1 N–H and O–H groups in total. The lowest BCUT2D eigenvalue weighted by molar-refractivity contribution is -0.764. The van der Waals surface area contributed by atoms with Gasteiger partial charge in [0, 0.05) is 23.9 Å². The minimum absolute atomic E-state index is 0.0335. The molecule has 0 spiro atoms. The molecule has 2 aromatic heterocycles. The zero-order chi connectivity index (χ0) is 20.5. The van der Waals surface area contributed by atoms with Gasteiger partial charge in [-0.1, -0.05) is 12.1 Å². The van der Waals surface area contributed by atoms with Crippen LogP contribution in [0.25, 0.3) is 0 Å². The number of pyridine rings is 2. The normalized spacial score (nSPS) is 18.9. The molecule has 0 saturated heterocycles. The number of Topliss-reactive ketones (excluding diaryl/α,β-unsaturated/α-hetero) is 1. The minimum Gasteiger partial charge on any atom is -0.307 e. The molecule has 0 radical (unpaired) electrons. The first-order valence-corrected chi connectivity index (χ1v) is 8.81. The summed E-state index contributed by atoms with van der Waals surface area (Å²) in [6, 6.07) is 12.0. The van der Waals surface area contributed by atoms with Crippen molar-refractivity contribution in [2.45, 2.75) is 18.6 Å². The molecule has 1 aliphatic rings. The van der Waals surface area contributed by atoms with Gasteiger partial charge in [-0.05, 0) is 29.8 Å². The van der Waals surface area contributed by atoms with Crippen molar-refractivity contribution in [2.75, 3.05) is 0 Å². The van der Waals surface area contributed by atoms with Gasteiger partial charge in [-0.2, -0.15) is 14.2 Å². The Bertz CT molecular complexity index is 1130. The number of ketones is 1. The molecular weight excluding hydrogens is 378 g/mol. The SMILES string of the molecule is N#Cc1ccc(C2C(=O)c3cccc[n+]3C(Cc3ccc(F)nc3)N2O)c(F)c1. The maximum atomic E-state index is 14.6. The number of nitriles is 1. The van der Waals surface area contributed by atoms with Gasteiger partial charge in [-0.25, -0.2) is 9.37 Å². The number of carbonyl (C=O) groups is 1. The Hall–Kier alpha value is -3.54. The Balaban J connectivity index is 1.79. The maximum absolute atomic E-state index is 14.6. The zero-order valence-corrected chi connectivity index (χ0v) is 15.0. The van der Waals surface area contributed by atoms with Crippen LogP contribution in [0.15, 0.2) is 60.9 Å². The number of rotatable bonds is 3. The van der Waals surface area contributed by atoms with Gasteiger partial charge in [0.05, 0.1) is 18.1 Å². The monoisotopic (exact) mass is 393 g/mol. The summed E-state index contributed by atoms with van der Waals surface area (Å²) in [5.74, 6) is -1.86. The van der Waals surface area contributed by atoms with Crippen LogP contribution in [0.1, 0.15) is 39.4 Å². The number of carbonyl (C=O) groups excluding carboxylic acids is 1. The van der Waals surface area contributed by atoms with Crippen molar-refractivity contribution in [3.8, 4) is 6.07 Å². The Kier molecular flexibility index (Phi) is 4.84. The highest BCUT2D eigenvalue weighted by atomic mass is 19.1. The summed E-state index contributed by atoms with van der Waals surface area (Å²) in [5.41, 5.74) is 1.01. The molecule has 1 aliphatic heterocycles. The molecule has 8 heteroatoms. The van der Waals surface area contributed by atoms with Gasteiger partial charge < -0.3 is 5.21 Å². The molecule has 0 aliphatic carbocycles. The number of benzene rings is 1. The van der Waals surface area contributed by atoms with Crippen molar-refractivity contribution < 1.29 is 23.3 Å². The highest BCUT2D eigenvalue weighted by Gasteiger charge is 2.47. The van der Waals surface area contributed by atoms with Gasteiger partial charge in [0.2, 0.25) is 12.1 Å². The minimum atomic E-state index is -1.29. The van der Waals surface area contributed by atoms with E-state index in [4.69, 9.17) is 5.26 Å². The van der Waals surface area contributed by atoms with Crippen LogP contribution in [0.5, 0.6) is 0 Å². The van der Waals surface area contributed by atoms with Gasteiger partial charge in [0.1, 0.15) is 11.9 Å². The number of hydroxylamine groups is 2. The summed E-state index contributed by atoms with van der Waals surface area (Å²) in [7, 11) is 0. The van der Waals surface area contributed by atoms with Crippen molar-refractivity contribution in [2.24, 2.45) is 0 Å². The van der Waals surface area contributed by atoms with Gasteiger partial charge in [-0.3, -0.25) is 4.79 Å². The molecule has 29 heavy (non-hydrogen) atoms. The molecule has 4 rings (SSSR count). The number of hydrogen-bond acceptors (Lipinski definition) is 5. The van der Waals surface area contributed by atoms with E-state index in [1.54, 1.807) is 29.0 Å². The van der Waals surface area contributed by atoms with E-state index in [1.807, 2.05) is 6.07 Å². The molecule has 3 heterocycles. The summed E-state index contributed by atoms with van der Waals surface area (Å²) < 4.78 is 29.4. The maximum Gasteiger partial charge on any atom is 0.252 e. The standard InChI is InChI=1S/C21H15F2N4O2/c22-16-9-13(11-24)4-6-15(16)20-21(28)17-3-1-2-8-26(17)19(27(20)29)10-14-5-7-18(23)25-12-14/h1-9,12,19-20,29H,10H2/q+1. The van der Waals surface area contributed by atoms with Crippen molar-refractivity contribution >= 4 is 5.78 Å². The number of nitrogens with zero attached hydrogens (tertiary/aromatic N) is 4. The average molecular weight is 393 g/mol. The summed E-state index contributed by atoms with van der Waals surface area (Å²) in [6.07, 6.45) is 2.44. The molecule has 0 fully saturated rings. The fourth-order valence-corrected chi connectivity index (χ4v) is 3.52. The van der Waals surface area contributed by atoms with E-state index in [0.717, 1.165) is 11.1 Å². The second-order valence-electron chi connectivity index (χ2n) is 6.66. The van der Waals surface area contributed by atoms with E-state index < -0.39 is 29.8 Å². The first-order valence-electron chi connectivity index (χ1n) is 8.81. The first kappa shape index (κ1) is 18.8. The van der Waals surface area contributed by atoms with Crippen molar-refractivity contribution in [3.05, 3.63) is 95.1 Å². The van der Waals surface area contributed by atoms with Gasteiger partial charge >= 0.3 is 0 Å². The van der Waals surface area contributed by atoms with Gasteiger partial charge in [0.15, 0.2) is 6.20 Å². The first-order chi connectivity index (χ1) is 14.0. The molecular formula is C21H15F2N4O2+. The van der Waals surface area contributed by atoms with Crippen LogP contribution in [0.4, 0.5) is 8.78 Å². The lowest BCUT2D eigenvalue weighted by Crippen LogP contribution is -2.60. The van der Waals surface area contributed by atoms with Crippen LogP contribution in [0.3, 0.4) is 0 Å². The second kappa shape index (κ2) is 7.47. The Labute approximate surface area is 164 Å². The molecule has 2 unspecified atom stereocenters. The Morgan fingerprint density at radius 2 is 2.03 bits per heavy atom. The number of fused-ring (bicyclic) bond motifs is 1. The zero-order valence-electron chi connectivity index (χ0n) is 15.0. The number of aromatic nitrogens is 2. The van der Waals surface area contributed by atoms with Gasteiger partial charge in [-0.15, -0.1) is 5.06 Å². The molecule has 0 bridgehead atoms. The van der Waals surface area contributed by atoms with Crippen LogP contribution < -0.4 is 4.57 Å². The largest absolute Gasteiger partial charge is 0.307 e. The Morgan fingerprint density at radius 1 is 1.21 bits per heavy atom. The lowest BCUT2D eigenvalue weighted by atomic mass is 9.94. The highest BCUT2D eigenvalue weighted by molar-refractivity contribution is 5.98.